The van der Waals surface area contributed by atoms with E-state index in [1.54, 1.807) is 12.1 Å². The van der Waals surface area contributed by atoms with Gasteiger partial charge in [-0.05, 0) is 24.6 Å². The van der Waals surface area contributed by atoms with Gasteiger partial charge in [0.25, 0.3) is 0 Å². The third kappa shape index (κ3) is 2.51. The molecule has 1 aliphatic rings. The number of carboxylic acid groups (broad SMARTS) is 1. The zero-order valence-electron chi connectivity index (χ0n) is 10.2. The summed E-state index contributed by atoms with van der Waals surface area (Å²) < 4.78 is 5.43. The van der Waals surface area contributed by atoms with Crippen LogP contribution in [-0.2, 0) is 9.53 Å². The SMILES string of the molecule is CC1COC(c2ccc(C(CN)C(=O)O)cc2)=N1. The molecule has 5 nitrogen and oxygen atoms in total. The molecule has 2 unspecified atom stereocenters. The first-order chi connectivity index (χ1) is 8.61. The van der Waals surface area contributed by atoms with Gasteiger partial charge in [0.1, 0.15) is 6.61 Å². The Bertz CT molecular complexity index is 468. The van der Waals surface area contributed by atoms with Crippen molar-refractivity contribution in [2.24, 2.45) is 10.7 Å². The lowest BCUT2D eigenvalue weighted by atomic mass is 9.98. The average molecular weight is 248 g/mol. The summed E-state index contributed by atoms with van der Waals surface area (Å²) in [6.45, 7) is 2.66. The summed E-state index contributed by atoms with van der Waals surface area (Å²) in [6.07, 6.45) is 0. The summed E-state index contributed by atoms with van der Waals surface area (Å²) in [6, 6.07) is 7.33. The number of hydrogen-bond acceptors (Lipinski definition) is 4. The second-order valence-electron chi connectivity index (χ2n) is 4.34. The second kappa shape index (κ2) is 5.18. The molecule has 0 bridgehead atoms. The first-order valence-electron chi connectivity index (χ1n) is 5.85. The highest BCUT2D eigenvalue weighted by Gasteiger charge is 2.19. The second-order valence-corrected chi connectivity index (χ2v) is 4.34. The third-order valence-corrected chi connectivity index (χ3v) is 2.89. The van der Waals surface area contributed by atoms with Crippen molar-refractivity contribution in [3.05, 3.63) is 35.4 Å². The Morgan fingerprint density at radius 2 is 2.22 bits per heavy atom. The molecule has 0 radical (unpaired) electrons. The molecule has 0 saturated heterocycles. The van der Waals surface area contributed by atoms with E-state index in [0.29, 0.717) is 18.1 Å². The van der Waals surface area contributed by atoms with Crippen molar-refractivity contribution >= 4 is 11.9 Å². The van der Waals surface area contributed by atoms with Gasteiger partial charge < -0.3 is 15.6 Å². The van der Waals surface area contributed by atoms with Crippen LogP contribution in [0.2, 0.25) is 0 Å². The number of nitrogens with two attached hydrogens (primary N) is 1. The van der Waals surface area contributed by atoms with Crippen LogP contribution < -0.4 is 5.73 Å². The molecule has 0 fully saturated rings. The first kappa shape index (κ1) is 12.6. The van der Waals surface area contributed by atoms with Crippen LogP contribution in [0.5, 0.6) is 0 Å². The standard InChI is InChI=1S/C13H16N2O3/c1-8-7-18-12(15-8)10-4-2-9(3-5-10)11(6-14)13(16)17/h2-5,8,11H,6-7,14H2,1H3,(H,16,17). The van der Waals surface area contributed by atoms with Gasteiger partial charge in [0, 0.05) is 12.1 Å². The summed E-state index contributed by atoms with van der Waals surface area (Å²) in [5.41, 5.74) is 7.01. The number of nitrogens with zero attached hydrogens (tertiary/aromatic N) is 1. The van der Waals surface area contributed by atoms with Crippen LogP contribution in [-0.4, -0.2) is 36.2 Å². The first-order valence-corrected chi connectivity index (χ1v) is 5.85. The third-order valence-electron chi connectivity index (χ3n) is 2.89. The Morgan fingerprint density at radius 1 is 1.56 bits per heavy atom. The van der Waals surface area contributed by atoms with E-state index in [9.17, 15) is 4.79 Å². The molecule has 1 aromatic rings. The van der Waals surface area contributed by atoms with Gasteiger partial charge in [0.05, 0.1) is 12.0 Å². The van der Waals surface area contributed by atoms with Crippen LogP contribution in [0.25, 0.3) is 0 Å². The van der Waals surface area contributed by atoms with Gasteiger partial charge in [-0.1, -0.05) is 12.1 Å². The normalized spacial score (nSPS) is 20.1. The molecule has 0 spiro atoms. The molecule has 1 aromatic carbocycles. The number of carbonyl (C=O) groups is 1. The Morgan fingerprint density at radius 3 is 2.67 bits per heavy atom. The maximum Gasteiger partial charge on any atom is 0.312 e. The smallest absolute Gasteiger partial charge is 0.312 e. The Balaban J connectivity index is 2.20. The monoisotopic (exact) mass is 248 g/mol. The van der Waals surface area contributed by atoms with Gasteiger partial charge in [-0.25, -0.2) is 4.99 Å². The van der Waals surface area contributed by atoms with Crippen LogP contribution in [0.3, 0.4) is 0 Å². The summed E-state index contributed by atoms with van der Waals surface area (Å²) in [7, 11) is 0. The molecule has 5 heteroatoms. The minimum atomic E-state index is -0.909. The Labute approximate surface area is 105 Å². The molecule has 96 valence electrons. The van der Waals surface area contributed by atoms with Crippen LogP contribution in [0, 0.1) is 0 Å². The molecule has 2 atom stereocenters. The predicted octanol–water partition coefficient (Wildman–Crippen LogP) is 0.979. The van der Waals surface area contributed by atoms with E-state index in [1.165, 1.54) is 0 Å². The maximum atomic E-state index is 11.0. The fourth-order valence-corrected chi connectivity index (χ4v) is 1.87. The molecule has 18 heavy (non-hydrogen) atoms. The highest BCUT2D eigenvalue weighted by molar-refractivity contribution is 5.95. The van der Waals surface area contributed by atoms with Crippen molar-refractivity contribution < 1.29 is 14.6 Å². The van der Waals surface area contributed by atoms with Crippen molar-refractivity contribution in [2.75, 3.05) is 13.2 Å². The van der Waals surface area contributed by atoms with Crippen LogP contribution in [0.4, 0.5) is 0 Å². The largest absolute Gasteiger partial charge is 0.481 e. The van der Waals surface area contributed by atoms with Crippen LogP contribution in [0.1, 0.15) is 24.0 Å². The molecule has 0 amide bonds. The van der Waals surface area contributed by atoms with E-state index in [2.05, 4.69) is 4.99 Å². The van der Waals surface area contributed by atoms with E-state index in [4.69, 9.17) is 15.6 Å². The Hall–Kier alpha value is -1.88. The average Bonchev–Trinajstić information content (AvgIpc) is 2.77. The molecule has 0 aromatic heterocycles. The molecule has 0 aliphatic carbocycles. The molecular weight excluding hydrogens is 232 g/mol. The van der Waals surface area contributed by atoms with E-state index in [0.717, 1.165) is 5.56 Å². The zero-order valence-corrected chi connectivity index (χ0v) is 10.2. The summed E-state index contributed by atoms with van der Waals surface area (Å²) >= 11 is 0. The van der Waals surface area contributed by atoms with Crippen LogP contribution in [0.15, 0.2) is 29.3 Å². The number of aliphatic carboxylic acids is 1. The fourth-order valence-electron chi connectivity index (χ4n) is 1.87. The molecule has 3 N–H and O–H groups in total. The van der Waals surface area contributed by atoms with Crippen molar-refractivity contribution in [3.8, 4) is 0 Å². The lowest BCUT2D eigenvalue weighted by molar-refractivity contribution is -0.138. The number of hydrogen-bond donors (Lipinski definition) is 2. The number of rotatable bonds is 4. The van der Waals surface area contributed by atoms with Gasteiger partial charge in [-0.2, -0.15) is 0 Å². The van der Waals surface area contributed by atoms with Crippen molar-refractivity contribution in [1.82, 2.24) is 0 Å². The zero-order chi connectivity index (χ0) is 13.1. The minimum absolute atomic E-state index is 0.0865. The topological polar surface area (TPSA) is 84.9 Å². The number of carboxylic acids is 1. The Kier molecular flexibility index (Phi) is 3.62. The molecule has 1 heterocycles. The van der Waals surface area contributed by atoms with Gasteiger partial charge in [-0.15, -0.1) is 0 Å². The maximum absolute atomic E-state index is 11.0. The number of ether oxygens (including phenoxy) is 1. The van der Waals surface area contributed by atoms with E-state index in [-0.39, 0.29) is 12.6 Å². The van der Waals surface area contributed by atoms with Crippen molar-refractivity contribution in [1.29, 1.82) is 0 Å². The fraction of sp³-hybridized carbons (Fsp3) is 0.385. The van der Waals surface area contributed by atoms with E-state index >= 15 is 0 Å². The van der Waals surface area contributed by atoms with Crippen molar-refractivity contribution in [3.63, 3.8) is 0 Å². The molecule has 0 saturated carbocycles. The summed E-state index contributed by atoms with van der Waals surface area (Å²) in [5.74, 6) is -0.952. The van der Waals surface area contributed by atoms with E-state index < -0.39 is 11.9 Å². The number of aliphatic imine (C=N–C) groups is 1. The highest BCUT2D eigenvalue weighted by Crippen LogP contribution is 2.18. The minimum Gasteiger partial charge on any atom is -0.481 e. The van der Waals surface area contributed by atoms with Crippen molar-refractivity contribution in [2.45, 2.75) is 18.9 Å². The van der Waals surface area contributed by atoms with Gasteiger partial charge in [0.15, 0.2) is 0 Å². The lowest BCUT2D eigenvalue weighted by Gasteiger charge is -2.10. The lowest BCUT2D eigenvalue weighted by Crippen LogP contribution is -2.21. The predicted molar refractivity (Wildman–Crippen MR) is 67.8 cm³/mol. The van der Waals surface area contributed by atoms with Gasteiger partial charge in [-0.3, -0.25) is 4.79 Å². The molecule has 1 aliphatic heterocycles. The molecular formula is C13H16N2O3. The summed E-state index contributed by atoms with van der Waals surface area (Å²) in [5, 5.41) is 9.01. The quantitative estimate of drug-likeness (QED) is 0.831. The highest BCUT2D eigenvalue weighted by atomic mass is 16.5. The van der Waals surface area contributed by atoms with E-state index in [1.807, 2.05) is 19.1 Å². The van der Waals surface area contributed by atoms with Gasteiger partial charge >= 0.3 is 5.97 Å². The molecule has 2 rings (SSSR count). The van der Waals surface area contributed by atoms with Crippen LogP contribution >= 0.6 is 0 Å². The van der Waals surface area contributed by atoms with Gasteiger partial charge in [0.2, 0.25) is 5.90 Å². The summed E-state index contributed by atoms with van der Waals surface area (Å²) in [4.78, 5) is 15.3. The number of benzene rings is 1.